The van der Waals surface area contributed by atoms with E-state index in [0.29, 0.717) is 10.0 Å². The molecule has 2 aromatic rings. The van der Waals surface area contributed by atoms with Crippen molar-refractivity contribution in [1.29, 1.82) is 0 Å². The number of alkyl halides is 3. The summed E-state index contributed by atoms with van der Waals surface area (Å²) in [5, 5.41) is 0. The summed E-state index contributed by atoms with van der Waals surface area (Å²) in [7, 11) is -3.93. The molecule has 0 amide bonds. The summed E-state index contributed by atoms with van der Waals surface area (Å²) in [5.74, 6) is -0.437. The maximum atomic E-state index is 13.1. The lowest BCUT2D eigenvalue weighted by Gasteiger charge is -2.22. The van der Waals surface area contributed by atoms with Crippen molar-refractivity contribution in [2.75, 3.05) is 13.2 Å². The molecule has 0 saturated heterocycles. The van der Waals surface area contributed by atoms with E-state index in [-0.39, 0.29) is 37.4 Å². The number of sulfonamides is 1. The Morgan fingerprint density at radius 1 is 1.07 bits per heavy atom. The van der Waals surface area contributed by atoms with Gasteiger partial charge in [0, 0.05) is 24.0 Å². The molecule has 0 spiro atoms. The normalized spacial score (nSPS) is 12.2. The van der Waals surface area contributed by atoms with E-state index in [4.69, 9.17) is 4.74 Å². The first-order chi connectivity index (χ1) is 14.0. The first-order valence-electron chi connectivity index (χ1n) is 9.11. The maximum absolute atomic E-state index is 13.1. The van der Waals surface area contributed by atoms with Gasteiger partial charge in [-0.2, -0.15) is 17.5 Å². The Kier molecular flexibility index (Phi) is 8.45. The fourth-order valence-electron chi connectivity index (χ4n) is 2.68. The van der Waals surface area contributed by atoms with Crippen LogP contribution in [-0.4, -0.2) is 31.8 Å². The third-order valence-corrected chi connectivity index (χ3v) is 6.57. The molecular formula is C20H21BrF3NO4S. The zero-order valence-electron chi connectivity index (χ0n) is 16.2. The molecule has 0 radical (unpaired) electrons. The van der Waals surface area contributed by atoms with Crippen LogP contribution >= 0.6 is 15.9 Å². The second-order valence-electron chi connectivity index (χ2n) is 6.40. The molecule has 10 heteroatoms. The van der Waals surface area contributed by atoms with Crippen molar-refractivity contribution in [3.8, 4) is 0 Å². The van der Waals surface area contributed by atoms with Gasteiger partial charge in [-0.05, 0) is 55.3 Å². The number of nitrogens with zero attached hydrogens (tertiary/aromatic N) is 1. The van der Waals surface area contributed by atoms with Gasteiger partial charge in [0.05, 0.1) is 17.1 Å². The molecule has 0 saturated carbocycles. The topological polar surface area (TPSA) is 63.7 Å². The van der Waals surface area contributed by atoms with Crippen molar-refractivity contribution >= 4 is 31.9 Å². The molecule has 0 heterocycles. The van der Waals surface area contributed by atoms with E-state index in [2.05, 4.69) is 15.9 Å². The molecule has 30 heavy (non-hydrogen) atoms. The molecule has 0 atom stereocenters. The van der Waals surface area contributed by atoms with Crippen molar-refractivity contribution in [3.63, 3.8) is 0 Å². The average molecular weight is 508 g/mol. The fraction of sp³-hybridized carbons (Fsp3) is 0.350. The van der Waals surface area contributed by atoms with Crippen LogP contribution in [0.25, 0.3) is 0 Å². The highest BCUT2D eigenvalue weighted by Gasteiger charge is 2.30. The minimum absolute atomic E-state index is 0.0121. The quantitative estimate of drug-likeness (QED) is 0.448. The third kappa shape index (κ3) is 6.82. The van der Waals surface area contributed by atoms with Gasteiger partial charge in [-0.25, -0.2) is 8.42 Å². The first-order valence-corrected chi connectivity index (χ1v) is 11.3. The summed E-state index contributed by atoms with van der Waals surface area (Å²) in [4.78, 5) is 11.6. The largest absolute Gasteiger partial charge is 0.466 e. The molecule has 0 aliphatic rings. The molecule has 164 valence electrons. The van der Waals surface area contributed by atoms with Gasteiger partial charge >= 0.3 is 12.1 Å². The number of carbonyl (C=O) groups is 1. The number of esters is 1. The molecule has 0 fully saturated rings. The predicted molar refractivity (Wildman–Crippen MR) is 109 cm³/mol. The Balaban J connectivity index is 2.24. The Hall–Kier alpha value is -1.91. The zero-order chi connectivity index (χ0) is 22.4. The smallest absolute Gasteiger partial charge is 0.416 e. The van der Waals surface area contributed by atoms with E-state index in [1.807, 2.05) is 0 Å². The van der Waals surface area contributed by atoms with E-state index >= 15 is 0 Å². The van der Waals surface area contributed by atoms with E-state index in [1.54, 1.807) is 19.1 Å². The first kappa shape index (κ1) is 24.4. The number of benzene rings is 2. The van der Waals surface area contributed by atoms with Crippen molar-refractivity contribution in [2.45, 2.75) is 37.4 Å². The van der Waals surface area contributed by atoms with Gasteiger partial charge in [-0.1, -0.05) is 28.1 Å². The highest BCUT2D eigenvalue weighted by Crippen LogP contribution is 2.29. The molecule has 0 aliphatic heterocycles. The molecule has 2 aromatic carbocycles. The summed E-state index contributed by atoms with van der Waals surface area (Å²) >= 11 is 3.25. The van der Waals surface area contributed by atoms with Gasteiger partial charge in [0.2, 0.25) is 10.0 Å². The number of hydrogen-bond acceptors (Lipinski definition) is 4. The number of carbonyl (C=O) groups excluding carboxylic acids is 1. The third-order valence-electron chi connectivity index (χ3n) is 4.19. The Morgan fingerprint density at radius 2 is 1.67 bits per heavy atom. The number of rotatable bonds is 9. The summed E-state index contributed by atoms with van der Waals surface area (Å²) in [6.07, 6.45) is -4.22. The average Bonchev–Trinajstić information content (AvgIpc) is 2.67. The van der Waals surface area contributed by atoms with E-state index in [0.717, 1.165) is 16.4 Å². The second kappa shape index (κ2) is 10.4. The van der Waals surface area contributed by atoms with Gasteiger partial charge in [0.1, 0.15) is 0 Å². The van der Waals surface area contributed by atoms with Crippen molar-refractivity contribution in [1.82, 2.24) is 4.31 Å². The standard InChI is InChI=1S/C20H21BrF3NO4S/c1-2-29-19(26)4-3-13-25(30(27,28)18-11-9-17(21)10-12-18)14-15-5-7-16(8-6-15)20(22,23)24/h5-12H,2-4,13-14H2,1H3. The maximum Gasteiger partial charge on any atom is 0.416 e. The van der Waals surface area contributed by atoms with Gasteiger partial charge in [0.25, 0.3) is 0 Å². The molecule has 2 rings (SSSR count). The minimum atomic E-state index is -4.47. The summed E-state index contributed by atoms with van der Waals surface area (Å²) in [6.45, 7) is 1.79. The van der Waals surface area contributed by atoms with Crippen LogP contribution in [-0.2, 0) is 32.3 Å². The van der Waals surface area contributed by atoms with Crippen LogP contribution in [0.1, 0.15) is 30.9 Å². The molecule has 0 aromatic heterocycles. The van der Waals surface area contributed by atoms with Crippen LogP contribution in [0.15, 0.2) is 57.9 Å². The molecule has 0 unspecified atom stereocenters. The van der Waals surface area contributed by atoms with Crippen LogP contribution in [0.3, 0.4) is 0 Å². The van der Waals surface area contributed by atoms with Crippen molar-refractivity contribution in [3.05, 3.63) is 64.1 Å². The number of hydrogen-bond donors (Lipinski definition) is 0. The lowest BCUT2D eigenvalue weighted by Crippen LogP contribution is -2.32. The number of ether oxygens (including phenoxy) is 1. The lowest BCUT2D eigenvalue weighted by molar-refractivity contribution is -0.143. The Morgan fingerprint density at radius 3 is 2.20 bits per heavy atom. The second-order valence-corrected chi connectivity index (χ2v) is 9.25. The van der Waals surface area contributed by atoms with Crippen LogP contribution in [0.5, 0.6) is 0 Å². The monoisotopic (exact) mass is 507 g/mol. The SMILES string of the molecule is CCOC(=O)CCCN(Cc1ccc(C(F)(F)F)cc1)S(=O)(=O)c1ccc(Br)cc1. The Labute approximate surface area is 182 Å². The number of halogens is 4. The van der Waals surface area contributed by atoms with Gasteiger partial charge in [-0.15, -0.1) is 0 Å². The lowest BCUT2D eigenvalue weighted by atomic mass is 10.1. The van der Waals surface area contributed by atoms with Crippen molar-refractivity contribution in [2.24, 2.45) is 0 Å². The highest BCUT2D eigenvalue weighted by molar-refractivity contribution is 9.10. The van der Waals surface area contributed by atoms with Gasteiger partial charge < -0.3 is 4.74 Å². The van der Waals surface area contributed by atoms with Gasteiger partial charge in [-0.3, -0.25) is 4.79 Å². The molecule has 0 aliphatic carbocycles. The zero-order valence-corrected chi connectivity index (χ0v) is 18.6. The van der Waals surface area contributed by atoms with E-state index < -0.39 is 27.7 Å². The molecule has 0 N–H and O–H groups in total. The fourth-order valence-corrected chi connectivity index (χ4v) is 4.41. The highest BCUT2D eigenvalue weighted by atomic mass is 79.9. The summed E-state index contributed by atoms with van der Waals surface area (Å²) in [6, 6.07) is 10.4. The van der Waals surface area contributed by atoms with Crippen molar-refractivity contribution < 1.29 is 31.1 Å². The minimum Gasteiger partial charge on any atom is -0.466 e. The molecule has 0 bridgehead atoms. The van der Waals surface area contributed by atoms with E-state index in [9.17, 15) is 26.4 Å². The molecule has 5 nitrogen and oxygen atoms in total. The van der Waals surface area contributed by atoms with Crippen LogP contribution in [0.2, 0.25) is 0 Å². The van der Waals surface area contributed by atoms with Crippen LogP contribution in [0, 0.1) is 0 Å². The summed E-state index contributed by atoms with van der Waals surface area (Å²) in [5.41, 5.74) is -0.407. The molecular weight excluding hydrogens is 487 g/mol. The van der Waals surface area contributed by atoms with Gasteiger partial charge in [0.15, 0.2) is 0 Å². The predicted octanol–water partition coefficient (Wildman–Crippen LogP) is 5.00. The summed E-state index contributed by atoms with van der Waals surface area (Å²) < 4.78 is 71.2. The van der Waals surface area contributed by atoms with E-state index in [1.165, 1.54) is 24.3 Å². The van der Waals surface area contributed by atoms with Crippen LogP contribution in [0.4, 0.5) is 13.2 Å². The Bertz CT molecular complexity index is 946. The van der Waals surface area contributed by atoms with Crippen LogP contribution < -0.4 is 0 Å².